The van der Waals surface area contributed by atoms with Crippen molar-refractivity contribution in [3.63, 3.8) is 0 Å². The number of amides is 1. The minimum absolute atomic E-state index is 0.101. The number of aliphatic carboxylic acids is 1. The summed E-state index contributed by atoms with van der Waals surface area (Å²) in [5.74, 6) is -2.28. The van der Waals surface area contributed by atoms with Gasteiger partial charge in [-0.05, 0) is 37.1 Å². The van der Waals surface area contributed by atoms with Crippen molar-refractivity contribution in [1.82, 2.24) is 9.71 Å². The van der Waals surface area contributed by atoms with Crippen molar-refractivity contribution < 1.29 is 23.1 Å². The predicted octanol–water partition coefficient (Wildman–Crippen LogP) is 1.29. The molecule has 120 valence electrons. The van der Waals surface area contributed by atoms with Crippen LogP contribution >= 0.6 is 0 Å². The van der Waals surface area contributed by atoms with E-state index in [1.54, 1.807) is 18.2 Å². The summed E-state index contributed by atoms with van der Waals surface area (Å²) in [6, 6.07) is 7.70. The fraction of sp³-hybridized carbons (Fsp3) is 0.267. The third-order valence-corrected chi connectivity index (χ3v) is 5.56. The summed E-state index contributed by atoms with van der Waals surface area (Å²) in [6.45, 7) is 0. The number of carbonyl (C=O) groups excluding carboxylic acids is 1. The fourth-order valence-electron chi connectivity index (χ4n) is 2.65. The molecule has 0 aliphatic heterocycles. The van der Waals surface area contributed by atoms with Gasteiger partial charge in [0.15, 0.2) is 0 Å². The van der Waals surface area contributed by atoms with Gasteiger partial charge in [-0.2, -0.15) is 0 Å². The standard InChI is InChI=1S/C15H14N2O5S/c18-13(15(14(19)20)7-3-8-15)17-23(21,22)12-6-1-5-11-10(12)4-2-9-16-11/h1-2,4-6,9H,3,7-8H2,(H,17,18)(H,19,20). The summed E-state index contributed by atoms with van der Waals surface area (Å²) in [6.07, 6.45) is 2.39. The molecule has 1 amide bonds. The van der Waals surface area contributed by atoms with Gasteiger partial charge in [-0.1, -0.05) is 12.5 Å². The molecule has 1 heterocycles. The van der Waals surface area contributed by atoms with Crippen molar-refractivity contribution >= 4 is 32.8 Å². The molecule has 7 nitrogen and oxygen atoms in total. The van der Waals surface area contributed by atoms with E-state index in [2.05, 4.69) is 4.98 Å². The number of fused-ring (bicyclic) bond motifs is 1. The molecule has 1 aromatic heterocycles. The number of pyridine rings is 1. The van der Waals surface area contributed by atoms with Crippen molar-refractivity contribution in [1.29, 1.82) is 0 Å². The Morgan fingerprint density at radius 3 is 2.52 bits per heavy atom. The Morgan fingerprint density at radius 1 is 1.17 bits per heavy atom. The molecule has 1 aromatic carbocycles. The second-order valence-corrected chi connectivity index (χ2v) is 7.15. The molecule has 0 spiro atoms. The maximum atomic E-state index is 12.5. The van der Waals surface area contributed by atoms with Gasteiger partial charge in [-0.3, -0.25) is 14.6 Å². The Morgan fingerprint density at radius 2 is 1.91 bits per heavy atom. The second kappa shape index (κ2) is 5.31. The first-order valence-electron chi connectivity index (χ1n) is 7.01. The molecule has 0 atom stereocenters. The van der Waals surface area contributed by atoms with Gasteiger partial charge in [0, 0.05) is 11.6 Å². The van der Waals surface area contributed by atoms with Crippen LogP contribution in [0.4, 0.5) is 0 Å². The molecule has 2 aromatic rings. The highest BCUT2D eigenvalue weighted by molar-refractivity contribution is 7.90. The van der Waals surface area contributed by atoms with E-state index < -0.39 is 27.3 Å². The first-order valence-corrected chi connectivity index (χ1v) is 8.49. The smallest absolute Gasteiger partial charge is 0.319 e. The zero-order valence-corrected chi connectivity index (χ0v) is 12.8. The fourth-order valence-corrected chi connectivity index (χ4v) is 3.92. The molecule has 0 saturated heterocycles. The lowest BCUT2D eigenvalue weighted by Crippen LogP contribution is -2.52. The summed E-state index contributed by atoms with van der Waals surface area (Å²) in [5, 5.41) is 9.60. The van der Waals surface area contributed by atoms with Gasteiger partial charge in [0.05, 0.1) is 10.4 Å². The Balaban J connectivity index is 1.99. The van der Waals surface area contributed by atoms with Gasteiger partial charge in [-0.25, -0.2) is 13.1 Å². The number of hydrogen-bond acceptors (Lipinski definition) is 5. The topological polar surface area (TPSA) is 113 Å². The predicted molar refractivity (Wildman–Crippen MR) is 81.0 cm³/mol. The molecule has 0 unspecified atom stereocenters. The van der Waals surface area contributed by atoms with Crippen LogP contribution in [0, 0.1) is 5.41 Å². The normalized spacial score (nSPS) is 16.5. The summed E-state index contributed by atoms with van der Waals surface area (Å²) < 4.78 is 26.9. The molecule has 23 heavy (non-hydrogen) atoms. The molecule has 3 rings (SSSR count). The third kappa shape index (κ3) is 2.44. The summed E-state index contributed by atoms with van der Waals surface area (Å²) in [5.41, 5.74) is -1.17. The highest BCUT2D eigenvalue weighted by atomic mass is 32.2. The number of benzene rings is 1. The molecule has 1 aliphatic rings. The van der Waals surface area contributed by atoms with Crippen LogP contribution in [0.5, 0.6) is 0 Å². The lowest BCUT2D eigenvalue weighted by atomic mass is 9.68. The van der Waals surface area contributed by atoms with Crippen LogP contribution in [0.25, 0.3) is 10.9 Å². The van der Waals surface area contributed by atoms with Crippen molar-refractivity contribution in [3.05, 3.63) is 36.5 Å². The lowest BCUT2D eigenvalue weighted by molar-refractivity contribution is -0.161. The molecule has 0 radical (unpaired) electrons. The van der Waals surface area contributed by atoms with Gasteiger partial charge in [0.25, 0.3) is 15.9 Å². The van der Waals surface area contributed by atoms with E-state index in [0.29, 0.717) is 17.3 Å². The average molecular weight is 334 g/mol. The van der Waals surface area contributed by atoms with Crippen LogP contribution < -0.4 is 4.72 Å². The first kappa shape index (κ1) is 15.4. The molecule has 2 N–H and O–H groups in total. The van der Waals surface area contributed by atoms with Crippen molar-refractivity contribution in [3.8, 4) is 0 Å². The van der Waals surface area contributed by atoms with Crippen LogP contribution in [-0.4, -0.2) is 30.4 Å². The first-order chi connectivity index (χ1) is 10.9. The Kier molecular flexibility index (Phi) is 3.56. The molecular weight excluding hydrogens is 320 g/mol. The number of sulfonamides is 1. The highest BCUT2D eigenvalue weighted by Crippen LogP contribution is 2.41. The summed E-state index contributed by atoms with van der Waals surface area (Å²) in [7, 11) is -4.18. The van der Waals surface area contributed by atoms with Crippen LogP contribution in [0.3, 0.4) is 0 Å². The number of carboxylic acids is 1. The molecule has 1 saturated carbocycles. The molecule has 8 heteroatoms. The highest BCUT2D eigenvalue weighted by Gasteiger charge is 2.52. The monoisotopic (exact) mass is 334 g/mol. The number of nitrogens with zero attached hydrogens (tertiary/aromatic N) is 1. The lowest BCUT2D eigenvalue weighted by Gasteiger charge is -2.35. The van der Waals surface area contributed by atoms with Gasteiger partial charge in [0.1, 0.15) is 5.41 Å². The Labute approximate surface area is 132 Å². The van der Waals surface area contributed by atoms with E-state index >= 15 is 0 Å². The summed E-state index contributed by atoms with van der Waals surface area (Å²) >= 11 is 0. The van der Waals surface area contributed by atoms with E-state index in [4.69, 9.17) is 0 Å². The molecule has 0 bridgehead atoms. The van der Waals surface area contributed by atoms with E-state index in [0.717, 1.165) is 0 Å². The average Bonchev–Trinajstić information content (AvgIpc) is 2.44. The third-order valence-electron chi connectivity index (χ3n) is 4.17. The number of carbonyl (C=O) groups is 2. The Hall–Kier alpha value is -2.48. The second-order valence-electron chi connectivity index (χ2n) is 5.50. The van der Waals surface area contributed by atoms with E-state index in [1.807, 2.05) is 4.72 Å². The number of nitrogens with one attached hydrogen (secondary N) is 1. The van der Waals surface area contributed by atoms with E-state index in [-0.39, 0.29) is 17.7 Å². The summed E-state index contributed by atoms with van der Waals surface area (Å²) in [4.78, 5) is 27.5. The van der Waals surface area contributed by atoms with Crippen molar-refractivity contribution in [2.24, 2.45) is 5.41 Å². The van der Waals surface area contributed by atoms with Gasteiger partial charge in [0.2, 0.25) is 0 Å². The Bertz CT molecular complexity index is 898. The van der Waals surface area contributed by atoms with Crippen LogP contribution in [0.15, 0.2) is 41.4 Å². The minimum Gasteiger partial charge on any atom is -0.480 e. The van der Waals surface area contributed by atoms with Gasteiger partial charge in [-0.15, -0.1) is 0 Å². The number of aromatic nitrogens is 1. The minimum atomic E-state index is -4.18. The molecule has 1 fully saturated rings. The largest absolute Gasteiger partial charge is 0.480 e. The van der Waals surface area contributed by atoms with Crippen molar-refractivity contribution in [2.75, 3.05) is 0 Å². The number of rotatable bonds is 4. The van der Waals surface area contributed by atoms with Gasteiger partial charge >= 0.3 is 5.97 Å². The number of carboxylic acid groups (broad SMARTS) is 1. The molecular formula is C15H14N2O5S. The quantitative estimate of drug-likeness (QED) is 0.815. The SMILES string of the molecule is O=C(O)C1(C(=O)NS(=O)(=O)c2cccc3ncccc23)CCC1. The zero-order valence-electron chi connectivity index (χ0n) is 12.0. The molecule has 1 aliphatic carbocycles. The van der Waals surface area contributed by atoms with E-state index in [1.165, 1.54) is 18.3 Å². The number of hydrogen-bond donors (Lipinski definition) is 2. The van der Waals surface area contributed by atoms with E-state index in [9.17, 15) is 23.1 Å². The maximum Gasteiger partial charge on any atom is 0.319 e. The van der Waals surface area contributed by atoms with Crippen LogP contribution in [-0.2, 0) is 19.6 Å². The maximum absolute atomic E-state index is 12.5. The van der Waals surface area contributed by atoms with Crippen LogP contribution in [0.1, 0.15) is 19.3 Å². The van der Waals surface area contributed by atoms with Crippen LogP contribution in [0.2, 0.25) is 0 Å². The van der Waals surface area contributed by atoms with Gasteiger partial charge < -0.3 is 5.11 Å². The van der Waals surface area contributed by atoms with Crippen molar-refractivity contribution in [2.45, 2.75) is 24.2 Å². The zero-order chi connectivity index (χ0) is 16.7.